The fourth-order valence-corrected chi connectivity index (χ4v) is 5.26. The fraction of sp³-hybridized carbons (Fsp3) is 0.640. The Labute approximate surface area is 218 Å². The summed E-state index contributed by atoms with van der Waals surface area (Å²) in [6.07, 6.45) is -2.94. The van der Waals surface area contributed by atoms with Crippen molar-refractivity contribution >= 4 is 29.4 Å². The minimum atomic E-state index is -1.58. The number of rotatable bonds is 5. The van der Waals surface area contributed by atoms with E-state index in [9.17, 15) is 14.4 Å². The highest BCUT2D eigenvalue weighted by atomic mass is 16.8. The Kier molecular flexibility index (Phi) is 5.87. The Morgan fingerprint density at radius 1 is 1.21 bits per heavy atom. The second-order valence-electron chi connectivity index (χ2n) is 11.6. The van der Waals surface area contributed by atoms with Crippen LogP contribution in [0.5, 0.6) is 0 Å². The van der Waals surface area contributed by atoms with Gasteiger partial charge in [0, 0.05) is 7.11 Å². The van der Waals surface area contributed by atoms with Crippen LogP contribution < -0.4 is 5.73 Å². The lowest BCUT2D eigenvalue weighted by atomic mass is 9.86. The van der Waals surface area contributed by atoms with Crippen LogP contribution in [0.25, 0.3) is 5.52 Å². The lowest BCUT2D eigenvalue weighted by Gasteiger charge is -2.35. The molecule has 1 aliphatic carbocycles. The number of carbonyl (C=O) groups is 3. The van der Waals surface area contributed by atoms with Crippen LogP contribution in [0.3, 0.4) is 0 Å². The molecule has 0 amide bonds. The van der Waals surface area contributed by atoms with Crippen molar-refractivity contribution in [2.24, 2.45) is 5.41 Å². The quantitative estimate of drug-likeness (QED) is 0.440. The minimum Gasteiger partial charge on any atom is -0.454 e. The first-order valence-electron chi connectivity index (χ1n) is 12.3. The standard InChI is InChI=1S/C25H32N4O9/c1-22(2)9-15(30)35-20-24(5,14-8-7-13-19(26)27-12-28-29(13)14)38-18-17(25(18,20)37-16(31)10-22)36-21(32)34-11-23(3,4)33-6/h7-8,12,17-18,20H,9-11H2,1-6H3,(H2,26,27,28)/t17?,18-,20+,24+,25-/m1/s1. The van der Waals surface area contributed by atoms with Gasteiger partial charge in [-0.1, -0.05) is 13.8 Å². The number of fused-ring (bicyclic) bond motifs is 1. The van der Waals surface area contributed by atoms with Gasteiger partial charge in [-0.25, -0.2) is 14.3 Å². The molecule has 0 bridgehead atoms. The zero-order valence-electron chi connectivity index (χ0n) is 22.2. The summed E-state index contributed by atoms with van der Waals surface area (Å²) in [6.45, 7) is 8.67. The highest BCUT2D eigenvalue weighted by Gasteiger charge is 2.87. The van der Waals surface area contributed by atoms with E-state index < -0.39 is 58.6 Å². The second-order valence-corrected chi connectivity index (χ2v) is 11.6. The second kappa shape index (κ2) is 8.53. The number of nitrogens with zero attached hydrogens (tertiary/aromatic N) is 3. The zero-order valence-corrected chi connectivity index (χ0v) is 22.2. The summed E-state index contributed by atoms with van der Waals surface area (Å²) < 4.78 is 36.0. The van der Waals surface area contributed by atoms with Crippen molar-refractivity contribution in [1.29, 1.82) is 0 Å². The van der Waals surface area contributed by atoms with Crippen molar-refractivity contribution < 1.29 is 42.8 Å². The van der Waals surface area contributed by atoms with Crippen LogP contribution in [-0.2, 0) is 43.6 Å². The van der Waals surface area contributed by atoms with Gasteiger partial charge in [0.1, 0.15) is 30.2 Å². The SMILES string of the molecule is COC(C)(C)COC(=O)OC1[C@H]2O[C@@](C)(c3ccc4c(N)ncnn34)[C@@H]3OC(=O)CC(C)(C)CC(=O)O[C@]123. The van der Waals surface area contributed by atoms with E-state index in [-0.39, 0.29) is 25.3 Å². The van der Waals surface area contributed by atoms with Crippen molar-refractivity contribution in [3.05, 3.63) is 24.2 Å². The summed E-state index contributed by atoms with van der Waals surface area (Å²) in [5.74, 6) is -0.865. The average molecular weight is 533 g/mol. The number of anilines is 1. The molecule has 2 saturated heterocycles. The van der Waals surface area contributed by atoms with E-state index in [4.69, 9.17) is 34.2 Å². The Hall–Kier alpha value is -3.45. The fourth-order valence-electron chi connectivity index (χ4n) is 5.26. The first kappa shape index (κ1) is 26.2. The summed E-state index contributed by atoms with van der Waals surface area (Å²) in [5.41, 5.74) is 2.65. The molecular formula is C25H32N4O9. The van der Waals surface area contributed by atoms with Crippen LogP contribution in [0, 0.1) is 5.41 Å². The molecule has 1 spiro atoms. The molecule has 5 atom stereocenters. The third kappa shape index (κ3) is 4.13. The van der Waals surface area contributed by atoms with Gasteiger partial charge in [-0.2, -0.15) is 5.10 Å². The van der Waals surface area contributed by atoms with Crippen molar-refractivity contribution in [3.63, 3.8) is 0 Å². The highest BCUT2D eigenvalue weighted by Crippen LogP contribution is 2.63. The van der Waals surface area contributed by atoms with Gasteiger partial charge >= 0.3 is 18.1 Å². The van der Waals surface area contributed by atoms with E-state index in [0.717, 1.165) is 0 Å². The van der Waals surface area contributed by atoms with Crippen LogP contribution >= 0.6 is 0 Å². The van der Waals surface area contributed by atoms with Crippen molar-refractivity contribution in [3.8, 4) is 0 Å². The van der Waals surface area contributed by atoms with E-state index in [2.05, 4.69) is 10.1 Å². The molecule has 5 rings (SSSR count). The van der Waals surface area contributed by atoms with Gasteiger partial charge < -0.3 is 34.2 Å². The normalized spacial score (nSPS) is 32.2. The van der Waals surface area contributed by atoms with Crippen molar-refractivity contribution in [1.82, 2.24) is 14.6 Å². The lowest BCUT2D eigenvalue weighted by molar-refractivity contribution is -0.188. The van der Waals surface area contributed by atoms with Crippen molar-refractivity contribution in [2.45, 2.75) is 82.6 Å². The molecule has 13 nitrogen and oxygen atoms in total. The van der Waals surface area contributed by atoms with Crippen LogP contribution in [0.15, 0.2) is 18.5 Å². The molecule has 3 fully saturated rings. The maximum Gasteiger partial charge on any atom is 0.508 e. The third-order valence-corrected chi connectivity index (χ3v) is 7.43. The molecule has 0 aromatic carbocycles. The van der Waals surface area contributed by atoms with Gasteiger partial charge in [-0.3, -0.25) is 9.59 Å². The Morgan fingerprint density at radius 3 is 2.63 bits per heavy atom. The van der Waals surface area contributed by atoms with E-state index in [1.54, 1.807) is 46.8 Å². The van der Waals surface area contributed by atoms with Gasteiger partial charge in [-0.05, 0) is 38.3 Å². The number of carbonyl (C=O) groups excluding carboxylic acids is 3. The lowest BCUT2D eigenvalue weighted by Crippen LogP contribution is -2.50. The number of ether oxygens (including phenoxy) is 6. The molecule has 206 valence electrons. The molecule has 0 radical (unpaired) electrons. The predicted octanol–water partition coefficient (Wildman–Crippen LogP) is 1.90. The number of nitrogen functional groups attached to an aromatic ring is 1. The van der Waals surface area contributed by atoms with Crippen LogP contribution in [0.4, 0.5) is 10.6 Å². The van der Waals surface area contributed by atoms with Gasteiger partial charge in [0.25, 0.3) is 0 Å². The van der Waals surface area contributed by atoms with E-state index in [0.29, 0.717) is 11.2 Å². The first-order valence-corrected chi connectivity index (χ1v) is 12.3. The summed E-state index contributed by atoms with van der Waals surface area (Å²) in [4.78, 5) is 42.8. The number of methoxy groups -OCH3 is 1. The molecule has 2 aliphatic heterocycles. The zero-order chi connectivity index (χ0) is 27.7. The van der Waals surface area contributed by atoms with Gasteiger partial charge in [0.15, 0.2) is 18.0 Å². The molecule has 38 heavy (non-hydrogen) atoms. The minimum absolute atomic E-state index is 0.0287. The molecule has 2 aromatic rings. The Balaban J connectivity index is 1.52. The van der Waals surface area contributed by atoms with E-state index in [1.807, 2.05) is 0 Å². The summed E-state index contributed by atoms with van der Waals surface area (Å²) in [5, 5.41) is 4.29. The number of nitrogens with two attached hydrogens (primary N) is 1. The predicted molar refractivity (Wildman–Crippen MR) is 129 cm³/mol. The summed E-state index contributed by atoms with van der Waals surface area (Å²) in [6, 6.07) is 3.44. The average Bonchev–Trinajstić information content (AvgIpc) is 3.11. The van der Waals surface area contributed by atoms with Crippen molar-refractivity contribution in [2.75, 3.05) is 19.5 Å². The molecular weight excluding hydrogens is 500 g/mol. The maximum absolute atomic E-state index is 13.1. The number of hydrogen-bond acceptors (Lipinski definition) is 12. The molecule has 2 N–H and O–H groups in total. The molecule has 3 aliphatic rings. The molecule has 13 heteroatoms. The summed E-state index contributed by atoms with van der Waals surface area (Å²) >= 11 is 0. The smallest absolute Gasteiger partial charge is 0.454 e. The summed E-state index contributed by atoms with van der Waals surface area (Å²) in [7, 11) is 1.49. The van der Waals surface area contributed by atoms with E-state index >= 15 is 0 Å². The monoisotopic (exact) mass is 532 g/mol. The molecule has 1 saturated carbocycles. The maximum atomic E-state index is 13.1. The molecule has 2 aromatic heterocycles. The van der Waals surface area contributed by atoms with Crippen LogP contribution in [-0.4, -0.2) is 75.9 Å². The first-order chi connectivity index (χ1) is 17.7. The third-order valence-electron chi connectivity index (χ3n) is 7.43. The Morgan fingerprint density at radius 2 is 1.92 bits per heavy atom. The Bertz CT molecular complexity index is 1310. The van der Waals surface area contributed by atoms with E-state index in [1.165, 1.54) is 18.0 Å². The van der Waals surface area contributed by atoms with Gasteiger partial charge in [-0.15, -0.1) is 0 Å². The largest absolute Gasteiger partial charge is 0.508 e. The number of esters is 2. The van der Waals surface area contributed by atoms with Crippen LogP contribution in [0.2, 0.25) is 0 Å². The van der Waals surface area contributed by atoms with Gasteiger partial charge in [0.2, 0.25) is 5.60 Å². The highest BCUT2D eigenvalue weighted by molar-refractivity contribution is 5.77. The number of aromatic nitrogens is 3. The molecule has 1 unspecified atom stereocenters. The van der Waals surface area contributed by atoms with Crippen LogP contribution in [0.1, 0.15) is 53.2 Å². The molecule has 4 heterocycles. The number of hydrogen-bond donors (Lipinski definition) is 1. The topological polar surface area (TPSA) is 163 Å². The van der Waals surface area contributed by atoms with Gasteiger partial charge in [0.05, 0.1) is 24.1 Å².